The molecular weight excluding hydrogens is 851 g/mol. The lowest BCUT2D eigenvalue weighted by Gasteiger charge is -2.26. The van der Waals surface area contributed by atoms with E-state index in [2.05, 4.69) is 16.0 Å². The summed E-state index contributed by atoms with van der Waals surface area (Å²) >= 11 is 1.47. The number of carbonyl (C=O) groups excluding carboxylic acids is 5. The number of nitrogens with one attached hydrogen (secondary N) is 3. The van der Waals surface area contributed by atoms with Gasteiger partial charge in [0.25, 0.3) is 0 Å². The van der Waals surface area contributed by atoms with Gasteiger partial charge in [0, 0.05) is 42.4 Å². The van der Waals surface area contributed by atoms with Crippen molar-refractivity contribution in [3.63, 3.8) is 0 Å². The van der Waals surface area contributed by atoms with Gasteiger partial charge in [0.15, 0.2) is 11.6 Å². The van der Waals surface area contributed by atoms with Gasteiger partial charge in [-0.2, -0.15) is 0 Å². The number of amides is 3. The quantitative estimate of drug-likeness (QED) is 0.0931. The van der Waals surface area contributed by atoms with E-state index in [0.717, 1.165) is 27.1 Å². The molecule has 11 nitrogen and oxygen atoms in total. The lowest BCUT2D eigenvalue weighted by Crippen LogP contribution is -2.54. The number of hydrogen-bond acceptors (Lipinski definition) is 8. The summed E-state index contributed by atoms with van der Waals surface area (Å²) in [6.07, 6.45) is 0.566. The highest BCUT2D eigenvalue weighted by atomic mass is 32.1. The minimum atomic E-state index is -1.27. The van der Waals surface area contributed by atoms with Crippen molar-refractivity contribution in [2.45, 2.75) is 69.5 Å². The number of carbonyl (C=O) groups is 6. The largest absolute Gasteiger partial charge is 0.486 e. The summed E-state index contributed by atoms with van der Waals surface area (Å²) in [5.41, 5.74) is 5.06. The Bertz CT molecular complexity index is 2550. The van der Waals surface area contributed by atoms with Crippen LogP contribution in [0.2, 0.25) is 0 Å². The topological polar surface area (TPSA) is 168 Å². The summed E-state index contributed by atoms with van der Waals surface area (Å²) in [4.78, 5) is 85.0. The molecule has 0 saturated heterocycles. The summed E-state index contributed by atoms with van der Waals surface area (Å²) in [6.45, 7) is -0.300. The van der Waals surface area contributed by atoms with Gasteiger partial charge in [-0.25, -0.2) is 4.79 Å². The first-order chi connectivity index (χ1) is 32.1. The van der Waals surface area contributed by atoms with Crippen molar-refractivity contribution < 1.29 is 38.6 Å². The van der Waals surface area contributed by atoms with Crippen LogP contribution in [0.4, 0.5) is 0 Å². The molecule has 1 aromatic heterocycles. The number of ketones is 2. The smallest absolute Gasteiger partial charge is 0.326 e. The van der Waals surface area contributed by atoms with Gasteiger partial charge < -0.3 is 25.8 Å². The molecule has 0 fully saturated rings. The van der Waals surface area contributed by atoms with Gasteiger partial charge in [0.05, 0.1) is 6.04 Å². The van der Waals surface area contributed by atoms with Crippen LogP contribution >= 0.6 is 11.3 Å². The molecule has 0 aliphatic carbocycles. The van der Waals surface area contributed by atoms with Crippen LogP contribution in [0.1, 0.15) is 46.4 Å². The van der Waals surface area contributed by atoms with E-state index in [1.807, 2.05) is 109 Å². The van der Waals surface area contributed by atoms with Crippen molar-refractivity contribution in [3.8, 4) is 16.9 Å². The predicted octanol–water partition coefficient (Wildman–Crippen LogP) is 7.40. The van der Waals surface area contributed by atoms with Crippen LogP contribution in [-0.4, -0.2) is 65.1 Å². The third-order valence-electron chi connectivity index (χ3n) is 11.8. The van der Waals surface area contributed by atoms with E-state index >= 15 is 0 Å². The van der Waals surface area contributed by atoms with Gasteiger partial charge in [-0.1, -0.05) is 133 Å². The average molecular weight is 904 g/mol. The lowest BCUT2D eigenvalue weighted by molar-refractivity contribution is -0.142. The van der Waals surface area contributed by atoms with Crippen LogP contribution in [0.5, 0.6) is 5.75 Å². The molecule has 5 aromatic carbocycles. The van der Waals surface area contributed by atoms with Gasteiger partial charge in [0.1, 0.15) is 24.4 Å². The normalized spacial score (nSPS) is 19.0. The number of benzene rings is 5. The Hall–Kier alpha value is -7.18. The number of aliphatic carboxylic acids is 1. The van der Waals surface area contributed by atoms with E-state index in [9.17, 15) is 33.9 Å². The van der Waals surface area contributed by atoms with E-state index < -0.39 is 59.4 Å². The molecule has 338 valence electrons. The van der Waals surface area contributed by atoms with E-state index in [1.54, 1.807) is 48.5 Å². The van der Waals surface area contributed by atoms with Crippen molar-refractivity contribution in [1.29, 1.82) is 0 Å². The Kier molecular flexibility index (Phi) is 16.4. The van der Waals surface area contributed by atoms with E-state index in [-0.39, 0.29) is 57.3 Å². The molecule has 3 heterocycles. The number of aryl methyl sites for hydroxylation is 1. The zero-order valence-electron chi connectivity index (χ0n) is 36.5. The summed E-state index contributed by atoms with van der Waals surface area (Å²) in [5.74, 6) is -5.14. The molecule has 0 saturated carbocycles. The number of hydrogen-bond donors (Lipinski definition) is 4. The number of thiophene rings is 1. The molecule has 2 aliphatic rings. The van der Waals surface area contributed by atoms with Crippen molar-refractivity contribution in [1.82, 2.24) is 16.0 Å². The minimum Gasteiger partial charge on any atom is -0.486 e. The second kappa shape index (κ2) is 23.1. The maximum atomic E-state index is 14.7. The molecule has 6 aromatic rings. The van der Waals surface area contributed by atoms with Crippen molar-refractivity contribution in [3.05, 3.63) is 184 Å². The summed E-state index contributed by atoms with van der Waals surface area (Å²) < 4.78 is 5.88. The molecule has 0 radical (unpaired) electrons. The summed E-state index contributed by atoms with van der Waals surface area (Å²) in [7, 11) is 0. The maximum Gasteiger partial charge on any atom is 0.326 e. The van der Waals surface area contributed by atoms with Crippen molar-refractivity contribution in [2.75, 3.05) is 6.61 Å². The highest BCUT2D eigenvalue weighted by Gasteiger charge is 2.34. The van der Waals surface area contributed by atoms with Gasteiger partial charge >= 0.3 is 5.97 Å². The first-order valence-corrected chi connectivity index (χ1v) is 23.1. The number of carboxylic acids is 1. The van der Waals surface area contributed by atoms with Crippen LogP contribution in [0.15, 0.2) is 157 Å². The average Bonchev–Trinajstić information content (AvgIpc) is 3.85. The van der Waals surface area contributed by atoms with Crippen LogP contribution < -0.4 is 20.7 Å². The fraction of sp³-hybridized carbons (Fsp3) is 0.259. The van der Waals surface area contributed by atoms with Crippen LogP contribution in [-0.2, 0) is 60.9 Å². The zero-order valence-corrected chi connectivity index (χ0v) is 37.3. The lowest BCUT2D eigenvalue weighted by atomic mass is 9.89. The first kappa shape index (κ1) is 46.8. The maximum absolute atomic E-state index is 14.7. The predicted molar refractivity (Wildman–Crippen MR) is 254 cm³/mol. The molecule has 66 heavy (non-hydrogen) atoms. The number of Topliss-reactive ketones (excluding diaryl/α,β-unsaturated/α-hetero) is 2. The van der Waals surface area contributed by atoms with E-state index in [0.29, 0.717) is 23.3 Å². The Morgan fingerprint density at radius 3 is 1.94 bits per heavy atom. The Labute approximate surface area is 388 Å². The van der Waals surface area contributed by atoms with Crippen LogP contribution in [0.25, 0.3) is 11.1 Å². The molecule has 2 bridgehead atoms. The highest BCUT2D eigenvalue weighted by molar-refractivity contribution is 7.09. The number of rotatable bonds is 13. The summed E-state index contributed by atoms with van der Waals surface area (Å²) in [5, 5.41) is 20.7. The molecule has 2 aliphatic heterocycles. The SMILES string of the molecule is O=C1COc2ccc(cc2)C[C@@H](C(=O)N[C@H](Cc2ccccc2)C(=O)O)CC(=O)[C@H](CCc2ccccc2)NC(=O)[C@@H](Cc2ccc(-c3ccccc3)cc2)NC(=O)[C@H](Cc2cccs2)C1. The Balaban J connectivity index is 1.22. The highest BCUT2D eigenvalue weighted by Crippen LogP contribution is 2.24. The molecule has 0 unspecified atom stereocenters. The fourth-order valence-electron chi connectivity index (χ4n) is 8.16. The van der Waals surface area contributed by atoms with Gasteiger partial charge in [-0.15, -0.1) is 11.3 Å². The monoisotopic (exact) mass is 903 g/mol. The third kappa shape index (κ3) is 13.7. The Morgan fingerprint density at radius 2 is 1.29 bits per heavy atom. The van der Waals surface area contributed by atoms with Crippen molar-refractivity contribution in [2.24, 2.45) is 11.8 Å². The zero-order chi connectivity index (χ0) is 46.3. The summed E-state index contributed by atoms with van der Waals surface area (Å²) in [6, 6.07) is 43.1. The molecule has 3 amide bonds. The molecule has 12 heteroatoms. The number of ether oxygens (including phenoxy) is 1. The van der Waals surface area contributed by atoms with Gasteiger partial charge in [0.2, 0.25) is 17.7 Å². The van der Waals surface area contributed by atoms with Crippen LogP contribution in [0, 0.1) is 11.8 Å². The number of carboxylic acid groups (broad SMARTS) is 1. The Morgan fingerprint density at radius 1 is 0.652 bits per heavy atom. The van der Waals surface area contributed by atoms with Crippen LogP contribution in [0.3, 0.4) is 0 Å². The first-order valence-electron chi connectivity index (χ1n) is 22.2. The minimum absolute atomic E-state index is 0.0272. The second-order valence-corrected chi connectivity index (χ2v) is 17.8. The van der Waals surface area contributed by atoms with Gasteiger partial charge in [-0.3, -0.25) is 24.0 Å². The van der Waals surface area contributed by atoms with Crippen molar-refractivity contribution >= 4 is 46.6 Å². The number of fused-ring (bicyclic) bond motifs is 16. The molecule has 5 atom stereocenters. The molecular formula is C54H53N3O8S. The van der Waals surface area contributed by atoms with E-state index in [1.165, 1.54) is 11.3 Å². The second-order valence-electron chi connectivity index (χ2n) is 16.7. The van der Waals surface area contributed by atoms with E-state index in [4.69, 9.17) is 4.74 Å². The third-order valence-corrected chi connectivity index (χ3v) is 12.7. The standard InChI is InChI=1S/C54H53N3O8S/c58-44-32-43(33-46-17-10-28-66-46)52(61)56-48(30-39-18-23-41(24-19-39)40-15-8-3-9-16-40)53(62)55-47(27-22-36-11-4-1-5-12-36)50(59)34-42(29-38-20-25-45(26-21-38)65-35-44)51(60)57-49(54(63)64)31-37-13-6-2-7-14-37/h1-21,23-26,28,42-43,47-49H,22,27,29-35H2,(H,55,62)(H,56,61)(H,57,60)(H,63,64)/t42-,43+,47+,48-,49-/m1/s1. The molecule has 0 spiro atoms. The fourth-order valence-corrected chi connectivity index (χ4v) is 8.94. The molecule has 8 rings (SSSR count). The van der Waals surface area contributed by atoms with Gasteiger partial charge in [-0.05, 0) is 82.6 Å². The molecule has 4 N–H and O–H groups in total.